The lowest BCUT2D eigenvalue weighted by Crippen LogP contribution is -2.35. The van der Waals surface area contributed by atoms with Crippen LogP contribution in [0.1, 0.15) is 34.6 Å². The number of esters is 1. The van der Waals surface area contributed by atoms with Gasteiger partial charge in [0.05, 0.1) is 5.60 Å². The molecule has 0 aliphatic rings. The van der Waals surface area contributed by atoms with E-state index in [0.29, 0.717) is 0 Å². The standard InChI is InChI=1S/C10H18O5/c1-6(8(11)12)14-9(13)7(2)15-10(3,4)5/h6-7H,1-5H3,(H,11,12). The normalized spacial score (nSPS) is 15.5. The Hall–Kier alpha value is -1.10. The average Bonchev–Trinajstić information content (AvgIpc) is 2.00. The van der Waals surface area contributed by atoms with Crippen LogP contribution in [0.2, 0.25) is 0 Å². The molecule has 0 bridgehead atoms. The van der Waals surface area contributed by atoms with Crippen molar-refractivity contribution in [3.63, 3.8) is 0 Å². The number of carbonyl (C=O) groups excluding carboxylic acids is 1. The summed E-state index contributed by atoms with van der Waals surface area (Å²) in [6.45, 7) is 8.23. The molecule has 15 heavy (non-hydrogen) atoms. The van der Waals surface area contributed by atoms with Crippen molar-refractivity contribution >= 4 is 11.9 Å². The van der Waals surface area contributed by atoms with Crippen LogP contribution in [0.5, 0.6) is 0 Å². The van der Waals surface area contributed by atoms with Crippen LogP contribution >= 0.6 is 0 Å². The minimum absolute atomic E-state index is 0.467. The van der Waals surface area contributed by atoms with Gasteiger partial charge in [-0.1, -0.05) is 0 Å². The number of hydrogen-bond donors (Lipinski definition) is 1. The molecule has 2 atom stereocenters. The summed E-state index contributed by atoms with van der Waals surface area (Å²) in [4.78, 5) is 21.7. The van der Waals surface area contributed by atoms with E-state index in [2.05, 4.69) is 4.74 Å². The molecular formula is C10H18O5. The fourth-order valence-electron chi connectivity index (χ4n) is 0.899. The molecule has 0 fully saturated rings. The van der Waals surface area contributed by atoms with E-state index < -0.39 is 29.7 Å². The fourth-order valence-corrected chi connectivity index (χ4v) is 0.899. The summed E-state index contributed by atoms with van der Waals surface area (Å²) in [6, 6.07) is 0. The Labute approximate surface area is 89.4 Å². The van der Waals surface area contributed by atoms with Gasteiger partial charge in [-0.15, -0.1) is 0 Å². The fraction of sp³-hybridized carbons (Fsp3) is 0.800. The van der Waals surface area contributed by atoms with Crippen LogP contribution < -0.4 is 0 Å². The van der Waals surface area contributed by atoms with E-state index in [-0.39, 0.29) is 0 Å². The van der Waals surface area contributed by atoms with Crippen LogP contribution in [0.4, 0.5) is 0 Å². The minimum atomic E-state index is -1.17. The highest BCUT2D eigenvalue weighted by Gasteiger charge is 2.25. The smallest absolute Gasteiger partial charge is 0.344 e. The first-order valence-electron chi connectivity index (χ1n) is 4.74. The van der Waals surface area contributed by atoms with Crippen LogP contribution in [0.15, 0.2) is 0 Å². The van der Waals surface area contributed by atoms with E-state index in [1.807, 2.05) is 0 Å². The first-order valence-corrected chi connectivity index (χ1v) is 4.74. The van der Waals surface area contributed by atoms with Gasteiger partial charge in [0, 0.05) is 0 Å². The first-order chi connectivity index (χ1) is 6.63. The van der Waals surface area contributed by atoms with Crippen molar-refractivity contribution < 1.29 is 24.2 Å². The topological polar surface area (TPSA) is 72.8 Å². The van der Waals surface area contributed by atoms with Crippen LogP contribution in [0, 0.1) is 0 Å². The molecule has 0 aromatic carbocycles. The van der Waals surface area contributed by atoms with Gasteiger partial charge in [-0.2, -0.15) is 0 Å². The van der Waals surface area contributed by atoms with Crippen molar-refractivity contribution in [1.82, 2.24) is 0 Å². The van der Waals surface area contributed by atoms with Gasteiger partial charge in [0.2, 0.25) is 0 Å². The summed E-state index contributed by atoms with van der Waals surface area (Å²) in [5, 5.41) is 8.53. The molecule has 0 aromatic rings. The van der Waals surface area contributed by atoms with Gasteiger partial charge >= 0.3 is 11.9 Å². The van der Waals surface area contributed by atoms with Gasteiger partial charge in [0.1, 0.15) is 0 Å². The van der Waals surface area contributed by atoms with Crippen molar-refractivity contribution in [2.45, 2.75) is 52.4 Å². The second-order valence-electron chi connectivity index (χ2n) is 4.29. The molecule has 0 saturated heterocycles. The van der Waals surface area contributed by atoms with E-state index >= 15 is 0 Å². The SMILES string of the molecule is CC(OC(=O)C(C)OC(C)(C)C)C(=O)O. The third kappa shape index (κ3) is 6.06. The Morgan fingerprint density at radius 3 is 1.93 bits per heavy atom. The van der Waals surface area contributed by atoms with Gasteiger partial charge < -0.3 is 14.6 Å². The number of carboxylic acid groups (broad SMARTS) is 1. The Morgan fingerprint density at radius 2 is 1.60 bits per heavy atom. The van der Waals surface area contributed by atoms with Crippen LogP contribution in [0.25, 0.3) is 0 Å². The van der Waals surface area contributed by atoms with Gasteiger partial charge in [-0.3, -0.25) is 0 Å². The van der Waals surface area contributed by atoms with Crippen molar-refractivity contribution in [3.05, 3.63) is 0 Å². The minimum Gasteiger partial charge on any atom is -0.479 e. The van der Waals surface area contributed by atoms with Crippen molar-refractivity contribution in [3.8, 4) is 0 Å². The van der Waals surface area contributed by atoms with Crippen molar-refractivity contribution in [2.24, 2.45) is 0 Å². The Bertz CT molecular complexity index is 241. The molecule has 88 valence electrons. The highest BCUT2D eigenvalue weighted by molar-refractivity contribution is 5.79. The van der Waals surface area contributed by atoms with Gasteiger partial charge in [-0.25, -0.2) is 9.59 Å². The summed E-state index contributed by atoms with van der Waals surface area (Å²) < 4.78 is 9.97. The highest BCUT2D eigenvalue weighted by atomic mass is 16.6. The summed E-state index contributed by atoms with van der Waals surface area (Å²) in [5.74, 6) is -1.84. The lowest BCUT2D eigenvalue weighted by Gasteiger charge is -2.24. The summed E-state index contributed by atoms with van der Waals surface area (Å²) in [7, 11) is 0. The zero-order valence-electron chi connectivity index (χ0n) is 9.73. The Kier molecular flexibility index (Phi) is 4.74. The second kappa shape index (κ2) is 5.11. The maximum atomic E-state index is 11.3. The number of rotatable bonds is 4. The monoisotopic (exact) mass is 218 g/mol. The van der Waals surface area contributed by atoms with Crippen LogP contribution in [0.3, 0.4) is 0 Å². The molecule has 0 aliphatic heterocycles. The third-order valence-corrected chi connectivity index (χ3v) is 1.50. The largest absolute Gasteiger partial charge is 0.479 e. The summed E-state index contributed by atoms with van der Waals surface area (Å²) in [6.07, 6.45) is -1.92. The quantitative estimate of drug-likeness (QED) is 0.718. The average molecular weight is 218 g/mol. The highest BCUT2D eigenvalue weighted by Crippen LogP contribution is 2.12. The number of ether oxygens (including phenoxy) is 2. The zero-order chi connectivity index (χ0) is 12.2. The Morgan fingerprint density at radius 1 is 1.13 bits per heavy atom. The van der Waals surface area contributed by atoms with Crippen molar-refractivity contribution in [2.75, 3.05) is 0 Å². The lowest BCUT2D eigenvalue weighted by atomic mass is 10.2. The zero-order valence-corrected chi connectivity index (χ0v) is 9.73. The van der Waals surface area contributed by atoms with E-state index in [0.717, 1.165) is 0 Å². The molecular weight excluding hydrogens is 200 g/mol. The predicted molar refractivity (Wildman–Crippen MR) is 53.5 cm³/mol. The molecule has 2 unspecified atom stereocenters. The second-order valence-corrected chi connectivity index (χ2v) is 4.29. The van der Waals surface area contributed by atoms with Gasteiger partial charge in [0.25, 0.3) is 0 Å². The van der Waals surface area contributed by atoms with Crippen molar-refractivity contribution in [1.29, 1.82) is 0 Å². The maximum Gasteiger partial charge on any atom is 0.344 e. The summed E-state index contributed by atoms with van der Waals surface area (Å²) in [5.41, 5.74) is -0.467. The molecule has 0 aliphatic carbocycles. The van der Waals surface area contributed by atoms with Gasteiger partial charge in [-0.05, 0) is 34.6 Å². The molecule has 0 saturated carbocycles. The molecule has 5 nitrogen and oxygen atoms in total. The number of hydrogen-bond acceptors (Lipinski definition) is 4. The number of carboxylic acids is 1. The summed E-state index contributed by atoms with van der Waals surface area (Å²) >= 11 is 0. The molecule has 5 heteroatoms. The number of aliphatic carboxylic acids is 1. The maximum absolute atomic E-state index is 11.3. The number of carbonyl (C=O) groups is 2. The molecule has 0 amide bonds. The van der Waals surface area contributed by atoms with Crippen LogP contribution in [-0.2, 0) is 19.1 Å². The van der Waals surface area contributed by atoms with Crippen LogP contribution in [-0.4, -0.2) is 34.9 Å². The van der Waals surface area contributed by atoms with E-state index in [4.69, 9.17) is 9.84 Å². The third-order valence-electron chi connectivity index (χ3n) is 1.50. The molecule has 1 N–H and O–H groups in total. The predicted octanol–water partition coefficient (Wildman–Crippen LogP) is 1.21. The molecule has 0 radical (unpaired) electrons. The van der Waals surface area contributed by atoms with Gasteiger partial charge in [0.15, 0.2) is 12.2 Å². The van der Waals surface area contributed by atoms with E-state index in [9.17, 15) is 9.59 Å². The molecule has 0 spiro atoms. The Balaban J connectivity index is 4.17. The lowest BCUT2D eigenvalue weighted by molar-refractivity contribution is -0.176. The molecule has 0 aromatic heterocycles. The molecule has 0 heterocycles. The first kappa shape index (κ1) is 13.9. The van der Waals surface area contributed by atoms with E-state index in [1.165, 1.54) is 13.8 Å². The van der Waals surface area contributed by atoms with E-state index in [1.54, 1.807) is 20.8 Å². The molecule has 0 rings (SSSR count).